The Morgan fingerprint density at radius 1 is 1.50 bits per heavy atom. The highest BCUT2D eigenvalue weighted by atomic mass is 19.1. The lowest BCUT2D eigenvalue weighted by atomic mass is 10.2. The normalized spacial score (nSPS) is 10.3. The highest BCUT2D eigenvalue weighted by Gasteiger charge is 2.13. The van der Waals surface area contributed by atoms with Gasteiger partial charge in [-0.05, 0) is 24.1 Å². The molecule has 0 spiro atoms. The molecular weight excluding hydrogens is 231 g/mol. The van der Waals surface area contributed by atoms with Crippen LogP contribution in [0.3, 0.4) is 0 Å². The van der Waals surface area contributed by atoms with Crippen LogP contribution in [-0.2, 0) is 13.0 Å². The monoisotopic (exact) mass is 244 g/mol. The van der Waals surface area contributed by atoms with E-state index in [1.807, 2.05) is 13.0 Å². The van der Waals surface area contributed by atoms with Crippen molar-refractivity contribution in [2.45, 2.75) is 19.9 Å². The zero-order chi connectivity index (χ0) is 13.1. The fourth-order valence-electron chi connectivity index (χ4n) is 1.82. The fourth-order valence-corrected chi connectivity index (χ4v) is 1.82. The third-order valence-corrected chi connectivity index (χ3v) is 2.73. The van der Waals surface area contributed by atoms with Crippen molar-refractivity contribution in [1.29, 1.82) is 5.26 Å². The molecule has 0 saturated carbocycles. The van der Waals surface area contributed by atoms with Crippen molar-refractivity contribution < 1.29 is 4.39 Å². The molecule has 0 atom stereocenters. The first-order chi connectivity index (χ1) is 8.65. The third kappa shape index (κ3) is 2.18. The van der Waals surface area contributed by atoms with Crippen LogP contribution in [0.15, 0.2) is 24.3 Å². The Morgan fingerprint density at radius 2 is 2.28 bits per heavy atom. The maximum absolute atomic E-state index is 13.1. The number of rotatable bonds is 3. The lowest BCUT2D eigenvalue weighted by molar-refractivity contribution is 0.619. The van der Waals surface area contributed by atoms with Gasteiger partial charge in [0.2, 0.25) is 0 Å². The van der Waals surface area contributed by atoms with Gasteiger partial charge in [0.15, 0.2) is 0 Å². The van der Waals surface area contributed by atoms with Crippen LogP contribution in [0.4, 0.5) is 10.2 Å². The summed E-state index contributed by atoms with van der Waals surface area (Å²) in [6.07, 6.45) is 0.642. The largest absolute Gasteiger partial charge is 0.383 e. The molecule has 0 saturated heterocycles. The Bertz CT molecular complexity index is 610. The second kappa shape index (κ2) is 4.88. The van der Waals surface area contributed by atoms with Crippen molar-refractivity contribution in [2.75, 3.05) is 5.73 Å². The van der Waals surface area contributed by atoms with Crippen molar-refractivity contribution in [2.24, 2.45) is 0 Å². The number of aryl methyl sites for hydroxylation is 1. The summed E-state index contributed by atoms with van der Waals surface area (Å²) in [6.45, 7) is 2.27. The molecule has 2 N–H and O–H groups in total. The quantitative estimate of drug-likeness (QED) is 0.898. The minimum absolute atomic E-state index is 0.297. The third-order valence-electron chi connectivity index (χ3n) is 2.73. The van der Waals surface area contributed by atoms with Crippen molar-refractivity contribution in [1.82, 2.24) is 9.78 Å². The molecule has 18 heavy (non-hydrogen) atoms. The standard InChI is InChI=1S/C13H13FN4/c1-2-12-11(7-15)13(16)18(17-12)8-9-4-3-5-10(14)6-9/h3-6H,2,8,16H2,1H3. The molecule has 1 heterocycles. The first-order valence-electron chi connectivity index (χ1n) is 5.65. The van der Waals surface area contributed by atoms with Crippen molar-refractivity contribution in [3.63, 3.8) is 0 Å². The van der Waals surface area contributed by atoms with Crippen molar-refractivity contribution in [3.05, 3.63) is 46.9 Å². The molecule has 0 aliphatic carbocycles. The van der Waals surface area contributed by atoms with Gasteiger partial charge < -0.3 is 5.73 Å². The second-order valence-electron chi connectivity index (χ2n) is 3.96. The second-order valence-corrected chi connectivity index (χ2v) is 3.96. The zero-order valence-electron chi connectivity index (χ0n) is 10.0. The Balaban J connectivity index is 2.36. The summed E-state index contributed by atoms with van der Waals surface area (Å²) in [5.41, 5.74) is 7.70. The van der Waals surface area contributed by atoms with E-state index in [-0.39, 0.29) is 5.82 Å². The maximum Gasteiger partial charge on any atom is 0.140 e. The molecule has 5 heteroatoms. The summed E-state index contributed by atoms with van der Waals surface area (Å²) in [6, 6.07) is 8.29. The van der Waals surface area contributed by atoms with Gasteiger partial charge in [0.25, 0.3) is 0 Å². The number of hydrogen-bond donors (Lipinski definition) is 1. The van der Waals surface area contributed by atoms with Gasteiger partial charge in [0, 0.05) is 0 Å². The van der Waals surface area contributed by atoms with E-state index >= 15 is 0 Å². The number of nitrogens with zero attached hydrogens (tertiary/aromatic N) is 3. The molecule has 0 amide bonds. The number of halogens is 1. The first kappa shape index (κ1) is 12.1. The number of nitrogens with two attached hydrogens (primary N) is 1. The maximum atomic E-state index is 13.1. The Labute approximate surface area is 104 Å². The van der Waals surface area contributed by atoms with Gasteiger partial charge in [-0.25, -0.2) is 9.07 Å². The zero-order valence-corrected chi connectivity index (χ0v) is 10.0. The number of aromatic nitrogens is 2. The lowest BCUT2D eigenvalue weighted by Crippen LogP contribution is -2.06. The minimum atomic E-state index is -0.297. The average molecular weight is 244 g/mol. The summed E-state index contributed by atoms with van der Waals surface area (Å²) >= 11 is 0. The topological polar surface area (TPSA) is 67.6 Å². The van der Waals surface area contributed by atoms with Crippen LogP contribution in [0.1, 0.15) is 23.7 Å². The van der Waals surface area contributed by atoms with Crippen molar-refractivity contribution >= 4 is 5.82 Å². The SMILES string of the molecule is CCc1nn(Cc2cccc(F)c2)c(N)c1C#N. The van der Waals surface area contributed by atoms with E-state index in [4.69, 9.17) is 11.0 Å². The Kier molecular flexibility index (Phi) is 3.28. The summed E-state index contributed by atoms with van der Waals surface area (Å²) in [4.78, 5) is 0. The van der Waals surface area contributed by atoms with Gasteiger partial charge >= 0.3 is 0 Å². The van der Waals surface area contributed by atoms with Crippen LogP contribution in [0, 0.1) is 17.1 Å². The molecule has 0 bridgehead atoms. The summed E-state index contributed by atoms with van der Waals surface area (Å²) in [5, 5.41) is 13.3. The van der Waals surface area contributed by atoms with Crippen LogP contribution >= 0.6 is 0 Å². The van der Waals surface area contributed by atoms with Gasteiger partial charge in [-0.15, -0.1) is 0 Å². The molecule has 0 radical (unpaired) electrons. The van der Waals surface area contributed by atoms with Crippen LogP contribution in [0.5, 0.6) is 0 Å². The molecule has 0 aliphatic rings. The van der Waals surface area contributed by atoms with E-state index in [0.717, 1.165) is 5.56 Å². The summed E-state index contributed by atoms with van der Waals surface area (Å²) < 4.78 is 14.6. The first-order valence-corrected chi connectivity index (χ1v) is 5.65. The van der Waals surface area contributed by atoms with Gasteiger partial charge in [-0.3, -0.25) is 0 Å². The fraction of sp³-hybridized carbons (Fsp3) is 0.231. The van der Waals surface area contributed by atoms with E-state index in [0.29, 0.717) is 30.0 Å². The van der Waals surface area contributed by atoms with E-state index in [9.17, 15) is 4.39 Å². The number of nitriles is 1. The molecule has 0 unspecified atom stereocenters. The molecule has 4 nitrogen and oxygen atoms in total. The summed E-state index contributed by atoms with van der Waals surface area (Å²) in [7, 11) is 0. The van der Waals surface area contributed by atoms with Gasteiger partial charge in [-0.2, -0.15) is 10.4 Å². The Hall–Kier alpha value is -2.35. The van der Waals surface area contributed by atoms with Crippen LogP contribution < -0.4 is 5.73 Å². The average Bonchev–Trinajstić information content (AvgIpc) is 2.66. The number of nitrogen functional groups attached to an aromatic ring is 1. The molecule has 0 aliphatic heterocycles. The summed E-state index contributed by atoms with van der Waals surface area (Å²) in [5.74, 6) is 0.0352. The number of anilines is 1. The highest BCUT2D eigenvalue weighted by molar-refractivity contribution is 5.52. The smallest absolute Gasteiger partial charge is 0.140 e. The van der Waals surface area contributed by atoms with Crippen LogP contribution in [-0.4, -0.2) is 9.78 Å². The number of benzene rings is 1. The molecular formula is C13H13FN4. The predicted molar refractivity (Wildman–Crippen MR) is 66.2 cm³/mol. The predicted octanol–water partition coefficient (Wildman–Crippen LogP) is 2.09. The van der Waals surface area contributed by atoms with Gasteiger partial charge in [-0.1, -0.05) is 19.1 Å². The van der Waals surface area contributed by atoms with Gasteiger partial charge in [0.05, 0.1) is 12.2 Å². The molecule has 2 rings (SSSR count). The van der Waals surface area contributed by atoms with E-state index < -0.39 is 0 Å². The van der Waals surface area contributed by atoms with Gasteiger partial charge in [0.1, 0.15) is 23.3 Å². The Morgan fingerprint density at radius 3 is 2.83 bits per heavy atom. The van der Waals surface area contributed by atoms with E-state index in [1.165, 1.54) is 16.8 Å². The molecule has 1 aromatic carbocycles. The molecule has 1 aromatic heterocycles. The molecule has 92 valence electrons. The van der Waals surface area contributed by atoms with Crippen LogP contribution in [0.2, 0.25) is 0 Å². The molecule has 0 fully saturated rings. The van der Waals surface area contributed by atoms with E-state index in [1.54, 1.807) is 12.1 Å². The van der Waals surface area contributed by atoms with E-state index in [2.05, 4.69) is 5.10 Å². The van der Waals surface area contributed by atoms with Crippen LogP contribution in [0.25, 0.3) is 0 Å². The number of hydrogen-bond acceptors (Lipinski definition) is 3. The minimum Gasteiger partial charge on any atom is -0.383 e. The van der Waals surface area contributed by atoms with Crippen molar-refractivity contribution in [3.8, 4) is 6.07 Å². The highest BCUT2D eigenvalue weighted by Crippen LogP contribution is 2.18. The lowest BCUT2D eigenvalue weighted by Gasteiger charge is -2.04. The molecule has 2 aromatic rings.